The zero-order chi connectivity index (χ0) is 14.0. The van der Waals surface area contributed by atoms with Crippen LogP contribution in [0.5, 0.6) is 0 Å². The summed E-state index contributed by atoms with van der Waals surface area (Å²) in [5.41, 5.74) is 5.19. The Morgan fingerprint density at radius 3 is 2.89 bits per heavy atom. The molecule has 0 bridgehead atoms. The van der Waals surface area contributed by atoms with Crippen LogP contribution in [0.25, 0.3) is 0 Å². The Morgan fingerprint density at radius 1 is 1.58 bits per heavy atom. The first-order valence-electron chi connectivity index (χ1n) is 6.11. The number of ether oxygens (including phenoxy) is 1. The average Bonchev–Trinajstić information content (AvgIpc) is 2.74. The molecule has 1 atom stereocenters. The Bertz CT molecular complexity index is 499. The number of rotatable bonds is 3. The van der Waals surface area contributed by atoms with Crippen molar-refractivity contribution in [3.8, 4) is 0 Å². The van der Waals surface area contributed by atoms with Gasteiger partial charge in [0.05, 0.1) is 19.3 Å². The molecule has 2 amide bonds. The van der Waals surface area contributed by atoms with E-state index in [9.17, 15) is 9.59 Å². The molecule has 0 saturated carbocycles. The van der Waals surface area contributed by atoms with Gasteiger partial charge in [-0.15, -0.1) is 0 Å². The fourth-order valence-electron chi connectivity index (χ4n) is 2.02. The normalized spacial score (nSPS) is 23.4. The molecule has 1 aliphatic heterocycles. The molecule has 1 fully saturated rings. The second kappa shape index (κ2) is 5.00. The molecule has 104 valence electrons. The summed E-state index contributed by atoms with van der Waals surface area (Å²) in [7, 11) is 0. The topological polar surface area (TPSA) is 90.4 Å². The maximum Gasteiger partial charge on any atom is 0.251 e. The van der Waals surface area contributed by atoms with Crippen molar-refractivity contribution < 1.29 is 14.3 Å². The van der Waals surface area contributed by atoms with Gasteiger partial charge in [0.2, 0.25) is 5.91 Å². The Balaban J connectivity index is 2.01. The summed E-state index contributed by atoms with van der Waals surface area (Å²) in [6, 6.07) is 0. The number of amides is 2. The van der Waals surface area contributed by atoms with Gasteiger partial charge in [0.1, 0.15) is 6.54 Å². The molecule has 0 aliphatic carbocycles. The zero-order valence-electron chi connectivity index (χ0n) is 11.1. The summed E-state index contributed by atoms with van der Waals surface area (Å²) in [6.07, 6.45) is 3.49. The molecular weight excluding hydrogens is 248 g/mol. The highest BCUT2D eigenvalue weighted by molar-refractivity contribution is 5.85. The smallest absolute Gasteiger partial charge is 0.251 e. The predicted molar refractivity (Wildman–Crippen MR) is 67.1 cm³/mol. The van der Waals surface area contributed by atoms with E-state index in [2.05, 4.69) is 5.10 Å². The molecule has 0 unspecified atom stereocenters. The molecule has 7 heteroatoms. The number of morpholine rings is 1. The molecule has 7 nitrogen and oxygen atoms in total. The van der Waals surface area contributed by atoms with Crippen molar-refractivity contribution in [1.82, 2.24) is 14.7 Å². The third-order valence-electron chi connectivity index (χ3n) is 3.21. The molecular formula is C12H18N4O3. The van der Waals surface area contributed by atoms with Gasteiger partial charge >= 0.3 is 0 Å². The van der Waals surface area contributed by atoms with Gasteiger partial charge in [0, 0.05) is 12.7 Å². The predicted octanol–water partition coefficient (Wildman–Crippen LogP) is -0.706. The first kappa shape index (κ1) is 13.5. The summed E-state index contributed by atoms with van der Waals surface area (Å²) in [5, 5.41) is 4.07. The lowest BCUT2D eigenvalue weighted by atomic mass is 10.0. The number of aryl methyl sites for hydroxylation is 1. The largest absolute Gasteiger partial charge is 0.367 e. The number of nitrogens with two attached hydrogens (primary N) is 1. The van der Waals surface area contributed by atoms with Gasteiger partial charge in [-0.05, 0) is 19.4 Å². The van der Waals surface area contributed by atoms with E-state index in [1.165, 1.54) is 0 Å². The number of aromatic nitrogens is 2. The minimum Gasteiger partial charge on any atom is -0.367 e. The Kier molecular flexibility index (Phi) is 3.57. The molecule has 1 aromatic heterocycles. The molecule has 0 radical (unpaired) electrons. The molecule has 1 aromatic rings. The average molecular weight is 266 g/mol. The van der Waals surface area contributed by atoms with E-state index < -0.39 is 11.5 Å². The van der Waals surface area contributed by atoms with E-state index in [0.29, 0.717) is 13.2 Å². The van der Waals surface area contributed by atoms with Gasteiger partial charge in [-0.2, -0.15) is 5.10 Å². The highest BCUT2D eigenvalue weighted by atomic mass is 16.5. The van der Waals surface area contributed by atoms with Crippen molar-refractivity contribution in [2.45, 2.75) is 26.0 Å². The first-order chi connectivity index (χ1) is 8.90. The van der Waals surface area contributed by atoms with Crippen LogP contribution >= 0.6 is 0 Å². The third-order valence-corrected chi connectivity index (χ3v) is 3.21. The number of nitrogens with zero attached hydrogens (tertiary/aromatic N) is 3. The molecule has 0 aromatic carbocycles. The lowest BCUT2D eigenvalue weighted by Gasteiger charge is -2.38. The summed E-state index contributed by atoms with van der Waals surface area (Å²) in [5.74, 6) is -0.654. The number of carbonyl (C=O) groups is 2. The van der Waals surface area contributed by atoms with E-state index in [-0.39, 0.29) is 19.0 Å². The van der Waals surface area contributed by atoms with Gasteiger partial charge in [-0.25, -0.2) is 0 Å². The van der Waals surface area contributed by atoms with E-state index in [4.69, 9.17) is 10.5 Å². The van der Waals surface area contributed by atoms with Crippen LogP contribution in [-0.2, 0) is 20.9 Å². The van der Waals surface area contributed by atoms with Crippen molar-refractivity contribution in [1.29, 1.82) is 0 Å². The second-order valence-electron chi connectivity index (χ2n) is 4.97. The third kappa shape index (κ3) is 2.93. The maximum atomic E-state index is 12.1. The van der Waals surface area contributed by atoms with E-state index in [1.807, 2.05) is 6.92 Å². The van der Waals surface area contributed by atoms with Crippen LogP contribution in [0.1, 0.15) is 12.5 Å². The van der Waals surface area contributed by atoms with Crippen molar-refractivity contribution in [3.63, 3.8) is 0 Å². The minimum absolute atomic E-state index is 0.0983. The Labute approximate surface area is 111 Å². The first-order valence-corrected chi connectivity index (χ1v) is 6.11. The molecule has 2 rings (SSSR count). The molecule has 1 saturated heterocycles. The van der Waals surface area contributed by atoms with Crippen LogP contribution in [-0.4, -0.2) is 51.8 Å². The molecule has 19 heavy (non-hydrogen) atoms. The van der Waals surface area contributed by atoms with Gasteiger partial charge in [0.25, 0.3) is 5.91 Å². The number of hydrogen-bond acceptors (Lipinski definition) is 4. The van der Waals surface area contributed by atoms with Crippen LogP contribution in [0.4, 0.5) is 0 Å². The van der Waals surface area contributed by atoms with Gasteiger partial charge in [-0.1, -0.05) is 0 Å². The van der Waals surface area contributed by atoms with Crippen LogP contribution in [0.15, 0.2) is 12.4 Å². The fraction of sp³-hybridized carbons (Fsp3) is 0.583. The molecule has 1 aliphatic rings. The van der Waals surface area contributed by atoms with Crippen molar-refractivity contribution in [3.05, 3.63) is 18.0 Å². The molecule has 2 heterocycles. The van der Waals surface area contributed by atoms with Gasteiger partial charge in [0.15, 0.2) is 5.60 Å². The monoisotopic (exact) mass is 266 g/mol. The maximum absolute atomic E-state index is 12.1. The highest BCUT2D eigenvalue weighted by Crippen LogP contribution is 2.17. The quantitative estimate of drug-likeness (QED) is 0.783. The lowest BCUT2D eigenvalue weighted by Crippen LogP contribution is -2.58. The Morgan fingerprint density at radius 2 is 2.32 bits per heavy atom. The number of hydrogen-bond donors (Lipinski definition) is 1. The van der Waals surface area contributed by atoms with Gasteiger partial charge < -0.3 is 15.4 Å². The highest BCUT2D eigenvalue weighted by Gasteiger charge is 2.39. The van der Waals surface area contributed by atoms with Crippen molar-refractivity contribution in [2.24, 2.45) is 5.73 Å². The van der Waals surface area contributed by atoms with Crippen molar-refractivity contribution in [2.75, 3.05) is 19.7 Å². The standard InChI is InChI=1S/C12H18N4O3/c1-9-5-14-16(6-9)7-10(17)15-3-4-19-12(2,8-15)11(13)18/h5-6H,3-4,7-8H2,1-2H3,(H2,13,18)/t12-/m1/s1. The minimum atomic E-state index is -1.10. The summed E-state index contributed by atoms with van der Waals surface area (Å²) in [6.45, 7) is 4.62. The van der Waals surface area contributed by atoms with Crippen LogP contribution < -0.4 is 5.73 Å². The SMILES string of the molecule is Cc1cnn(CC(=O)N2CCO[C@@](C)(C(N)=O)C2)c1. The fourth-order valence-corrected chi connectivity index (χ4v) is 2.02. The van der Waals surface area contributed by atoms with Crippen LogP contribution in [0.3, 0.4) is 0 Å². The van der Waals surface area contributed by atoms with Gasteiger partial charge in [-0.3, -0.25) is 14.3 Å². The van der Waals surface area contributed by atoms with Crippen molar-refractivity contribution >= 4 is 11.8 Å². The van der Waals surface area contributed by atoms with E-state index >= 15 is 0 Å². The number of primary amides is 1. The summed E-state index contributed by atoms with van der Waals surface area (Å²) < 4.78 is 6.95. The second-order valence-corrected chi connectivity index (χ2v) is 4.97. The van der Waals surface area contributed by atoms with Crippen LogP contribution in [0, 0.1) is 6.92 Å². The summed E-state index contributed by atoms with van der Waals surface area (Å²) >= 11 is 0. The zero-order valence-corrected chi connectivity index (χ0v) is 11.1. The van der Waals surface area contributed by atoms with E-state index in [0.717, 1.165) is 5.56 Å². The van der Waals surface area contributed by atoms with E-state index in [1.54, 1.807) is 28.9 Å². The lowest BCUT2D eigenvalue weighted by molar-refractivity contribution is -0.160. The number of carbonyl (C=O) groups excluding carboxylic acids is 2. The Hall–Kier alpha value is -1.89. The molecule has 0 spiro atoms. The molecule has 2 N–H and O–H groups in total. The summed E-state index contributed by atoms with van der Waals surface area (Å²) in [4.78, 5) is 25.1. The van der Waals surface area contributed by atoms with Crippen LogP contribution in [0.2, 0.25) is 0 Å².